The lowest BCUT2D eigenvalue weighted by molar-refractivity contribution is 0.0882. The van der Waals surface area contributed by atoms with Crippen molar-refractivity contribution in [2.45, 2.75) is 18.8 Å². The summed E-state index contributed by atoms with van der Waals surface area (Å²) in [4.78, 5) is 0. The highest BCUT2D eigenvalue weighted by atomic mass is 31.2. The molecule has 0 aromatic carbocycles. The lowest BCUT2D eigenvalue weighted by Gasteiger charge is -2.26. The van der Waals surface area contributed by atoms with Crippen molar-refractivity contribution in [1.82, 2.24) is 0 Å². The second kappa shape index (κ2) is 3.10. The van der Waals surface area contributed by atoms with Gasteiger partial charge >= 0.3 is 0 Å². The van der Waals surface area contributed by atoms with Gasteiger partial charge in [-0.25, -0.2) is 0 Å². The third-order valence-corrected chi connectivity index (χ3v) is 3.67. The minimum Gasteiger partial charge on any atom is -0.371 e. The Kier molecular flexibility index (Phi) is 2.59. The summed E-state index contributed by atoms with van der Waals surface area (Å²) in [6.07, 6.45) is 2.80. The molecule has 1 aliphatic rings. The molecule has 4 heteroatoms. The summed E-state index contributed by atoms with van der Waals surface area (Å²) in [5, 5.41) is 0. The van der Waals surface area contributed by atoms with Crippen molar-refractivity contribution in [3.05, 3.63) is 0 Å². The van der Waals surface area contributed by atoms with Gasteiger partial charge in [-0.15, -0.1) is 0 Å². The molecular formula is C6H12BO2P. The lowest BCUT2D eigenvalue weighted by atomic mass is 9.98. The third kappa shape index (κ3) is 2.14. The predicted molar refractivity (Wildman–Crippen MR) is 43.3 cm³/mol. The highest BCUT2D eigenvalue weighted by Gasteiger charge is 2.24. The molecule has 0 spiro atoms. The summed E-state index contributed by atoms with van der Waals surface area (Å²) in [7, 11) is 3.46. The highest BCUT2D eigenvalue weighted by Crippen LogP contribution is 2.45. The van der Waals surface area contributed by atoms with E-state index in [1.807, 2.05) is 0 Å². The van der Waals surface area contributed by atoms with Gasteiger partial charge in [-0.1, -0.05) is 6.32 Å². The summed E-state index contributed by atoms with van der Waals surface area (Å²) >= 11 is 0. The average Bonchev–Trinajstić information content (AvgIpc) is 1.88. The van der Waals surface area contributed by atoms with E-state index in [-0.39, 0.29) is 6.10 Å². The van der Waals surface area contributed by atoms with Crippen LogP contribution in [0.25, 0.3) is 0 Å². The minimum atomic E-state index is -1.91. The fourth-order valence-electron chi connectivity index (χ4n) is 1.01. The summed E-state index contributed by atoms with van der Waals surface area (Å²) in [5.74, 6) is 0. The molecule has 1 rings (SSSR count). The van der Waals surface area contributed by atoms with Gasteiger partial charge < -0.3 is 9.30 Å². The molecule has 0 amide bonds. The first-order chi connectivity index (χ1) is 4.64. The van der Waals surface area contributed by atoms with E-state index in [2.05, 4.69) is 0 Å². The fourth-order valence-corrected chi connectivity index (χ4v) is 2.50. The van der Waals surface area contributed by atoms with Crippen LogP contribution in [0.2, 0.25) is 6.32 Å². The van der Waals surface area contributed by atoms with Crippen LogP contribution in [0.4, 0.5) is 0 Å². The standard InChI is InChI=1S/C6H12BO2P/c1-10(8)3-2-6(4-7)9-5-10/h6H,2-5H2,1H3. The minimum absolute atomic E-state index is 0.155. The summed E-state index contributed by atoms with van der Waals surface area (Å²) < 4.78 is 16.6. The molecule has 0 bridgehead atoms. The Morgan fingerprint density at radius 3 is 2.90 bits per heavy atom. The van der Waals surface area contributed by atoms with Crippen LogP contribution in [0.3, 0.4) is 0 Å². The molecule has 0 aromatic rings. The Morgan fingerprint density at radius 2 is 2.50 bits per heavy atom. The monoisotopic (exact) mass is 158 g/mol. The summed E-state index contributed by atoms with van der Waals surface area (Å²) in [6.45, 7) is 1.79. The zero-order valence-electron chi connectivity index (χ0n) is 6.25. The molecule has 2 atom stereocenters. The molecule has 10 heavy (non-hydrogen) atoms. The second-order valence-electron chi connectivity index (χ2n) is 2.96. The fraction of sp³-hybridized carbons (Fsp3) is 1.00. The van der Waals surface area contributed by atoms with Gasteiger partial charge in [0.2, 0.25) is 0 Å². The van der Waals surface area contributed by atoms with Crippen molar-refractivity contribution in [3.8, 4) is 0 Å². The van der Waals surface area contributed by atoms with Crippen LogP contribution in [0, 0.1) is 0 Å². The maximum Gasteiger partial charge on any atom is 0.109 e. The highest BCUT2D eigenvalue weighted by molar-refractivity contribution is 7.63. The largest absolute Gasteiger partial charge is 0.371 e. The molecule has 56 valence electrons. The van der Waals surface area contributed by atoms with Gasteiger partial charge in [-0.05, 0) is 13.1 Å². The number of rotatable bonds is 1. The van der Waals surface area contributed by atoms with E-state index in [0.29, 0.717) is 12.7 Å². The Labute approximate surface area is 63.1 Å². The third-order valence-electron chi connectivity index (χ3n) is 1.77. The first kappa shape index (κ1) is 8.35. The molecule has 0 aliphatic carbocycles. The Hall–Kier alpha value is 0.255. The van der Waals surface area contributed by atoms with Crippen LogP contribution in [0.15, 0.2) is 0 Å². The van der Waals surface area contributed by atoms with Crippen molar-refractivity contribution in [3.63, 3.8) is 0 Å². The molecular weight excluding hydrogens is 146 g/mol. The van der Waals surface area contributed by atoms with Crippen LogP contribution >= 0.6 is 7.14 Å². The molecule has 1 fully saturated rings. The quantitative estimate of drug-likeness (QED) is 0.424. The Morgan fingerprint density at radius 1 is 1.80 bits per heavy atom. The van der Waals surface area contributed by atoms with Gasteiger partial charge in [0.1, 0.15) is 7.14 Å². The van der Waals surface area contributed by atoms with Gasteiger partial charge in [0, 0.05) is 6.16 Å². The molecule has 0 saturated carbocycles. The number of hydrogen-bond donors (Lipinski definition) is 0. The van der Waals surface area contributed by atoms with E-state index < -0.39 is 7.14 Å². The number of hydrogen-bond acceptors (Lipinski definition) is 2. The van der Waals surface area contributed by atoms with Gasteiger partial charge in [-0.2, -0.15) is 0 Å². The van der Waals surface area contributed by atoms with E-state index in [1.165, 1.54) is 0 Å². The molecule has 2 unspecified atom stereocenters. The number of ether oxygens (including phenoxy) is 1. The summed E-state index contributed by atoms with van der Waals surface area (Å²) in [6, 6.07) is 0. The molecule has 1 saturated heterocycles. The van der Waals surface area contributed by atoms with E-state index in [4.69, 9.17) is 12.6 Å². The summed E-state index contributed by atoms with van der Waals surface area (Å²) in [5.41, 5.74) is 0. The van der Waals surface area contributed by atoms with E-state index in [9.17, 15) is 4.57 Å². The van der Waals surface area contributed by atoms with Crippen molar-refractivity contribution in [2.75, 3.05) is 19.2 Å². The average molecular weight is 158 g/mol. The molecule has 0 aromatic heterocycles. The van der Waals surface area contributed by atoms with Gasteiger partial charge in [0.25, 0.3) is 0 Å². The Bertz CT molecular complexity index is 148. The predicted octanol–water partition coefficient (Wildman–Crippen LogP) is 1.31. The first-order valence-corrected chi connectivity index (χ1v) is 6.04. The van der Waals surface area contributed by atoms with Crippen LogP contribution in [0.1, 0.15) is 6.42 Å². The molecule has 1 heterocycles. The maximum absolute atomic E-state index is 11.3. The van der Waals surface area contributed by atoms with E-state index in [1.54, 1.807) is 6.66 Å². The van der Waals surface area contributed by atoms with Gasteiger partial charge in [0.15, 0.2) is 0 Å². The zero-order valence-corrected chi connectivity index (χ0v) is 7.14. The SMILES string of the molecule is [B]CC1CCP(C)(=O)CO1. The van der Waals surface area contributed by atoms with Crippen LogP contribution < -0.4 is 0 Å². The Balaban J connectivity index is 2.38. The van der Waals surface area contributed by atoms with Crippen molar-refractivity contribution in [2.24, 2.45) is 0 Å². The second-order valence-corrected chi connectivity index (χ2v) is 6.26. The van der Waals surface area contributed by atoms with Crippen molar-refractivity contribution < 1.29 is 9.30 Å². The normalized spacial score (nSPS) is 41.5. The molecule has 0 N–H and O–H groups in total. The van der Waals surface area contributed by atoms with Crippen LogP contribution in [-0.4, -0.2) is 33.1 Å². The molecule has 1 aliphatic heterocycles. The molecule has 2 nitrogen and oxygen atoms in total. The van der Waals surface area contributed by atoms with Gasteiger partial charge in [0.05, 0.1) is 20.3 Å². The maximum atomic E-state index is 11.3. The zero-order chi connectivity index (χ0) is 7.61. The molecule has 2 radical (unpaired) electrons. The van der Waals surface area contributed by atoms with E-state index in [0.717, 1.165) is 12.6 Å². The van der Waals surface area contributed by atoms with Crippen LogP contribution in [-0.2, 0) is 9.30 Å². The topological polar surface area (TPSA) is 26.3 Å². The van der Waals surface area contributed by atoms with Crippen molar-refractivity contribution in [1.29, 1.82) is 0 Å². The van der Waals surface area contributed by atoms with Crippen LogP contribution in [0.5, 0.6) is 0 Å². The van der Waals surface area contributed by atoms with E-state index >= 15 is 0 Å². The van der Waals surface area contributed by atoms with Crippen molar-refractivity contribution >= 4 is 15.0 Å². The lowest BCUT2D eigenvalue weighted by Crippen LogP contribution is -2.20. The first-order valence-electron chi connectivity index (χ1n) is 3.51. The van der Waals surface area contributed by atoms with Gasteiger partial charge in [-0.3, -0.25) is 0 Å². The smallest absolute Gasteiger partial charge is 0.109 e.